The summed E-state index contributed by atoms with van der Waals surface area (Å²) in [6.07, 6.45) is 0.0702. The maximum Gasteiger partial charge on any atom is 0.319 e. The zero-order valence-corrected chi connectivity index (χ0v) is 29.2. The number of carbonyl (C=O) groups excluding carboxylic acids is 3. The Hall–Kier alpha value is -4.18. The molecule has 0 saturated heterocycles. The van der Waals surface area contributed by atoms with Crippen LogP contribution < -0.4 is 20.1 Å². The number of hydrogen-bond acceptors (Lipinski definition) is 7. The minimum atomic E-state index is -3.34. The van der Waals surface area contributed by atoms with Gasteiger partial charge in [-0.25, -0.2) is 13.2 Å². The van der Waals surface area contributed by atoms with Crippen LogP contribution >= 0.6 is 0 Å². The molecule has 48 heavy (non-hydrogen) atoms. The van der Waals surface area contributed by atoms with E-state index < -0.39 is 15.3 Å². The van der Waals surface area contributed by atoms with E-state index in [1.54, 1.807) is 69.3 Å². The second kappa shape index (κ2) is 18.4. The quantitative estimate of drug-likeness (QED) is 0.248. The Morgan fingerprint density at radius 1 is 0.708 bits per heavy atom. The Bertz CT molecular complexity index is 1570. The van der Waals surface area contributed by atoms with Gasteiger partial charge in [0.15, 0.2) is 27.1 Å². The van der Waals surface area contributed by atoms with Crippen LogP contribution in [-0.2, 0) is 14.6 Å². The fourth-order valence-corrected chi connectivity index (χ4v) is 5.10. The number of hydrogen-bond donors (Lipinski definition) is 2. The largest absolute Gasteiger partial charge is 0.454 e. The van der Waals surface area contributed by atoms with E-state index in [9.17, 15) is 22.8 Å². The number of fused-ring (bicyclic) bond motifs is 1. The third-order valence-corrected chi connectivity index (χ3v) is 8.10. The minimum absolute atomic E-state index is 0. The van der Waals surface area contributed by atoms with Gasteiger partial charge in [0, 0.05) is 34.0 Å². The number of rotatable bonds is 6. The third kappa shape index (κ3) is 15.2. The van der Waals surface area contributed by atoms with Crippen molar-refractivity contribution in [1.82, 2.24) is 5.32 Å². The molecule has 266 valence electrons. The van der Waals surface area contributed by atoms with Gasteiger partial charge in [0.1, 0.15) is 5.78 Å². The van der Waals surface area contributed by atoms with Gasteiger partial charge in [-0.2, -0.15) is 0 Å². The molecule has 0 spiro atoms. The normalized spacial score (nSPS) is 11.9. The average molecular weight is 685 g/mol. The Balaban J connectivity index is 0.000000679. The topological polar surface area (TPSA) is 128 Å². The molecule has 4 rings (SSSR count). The lowest BCUT2D eigenvalue weighted by Crippen LogP contribution is -2.43. The van der Waals surface area contributed by atoms with Crippen molar-refractivity contribution in [2.45, 2.75) is 94.0 Å². The Morgan fingerprint density at radius 3 is 1.73 bits per heavy atom. The standard InChI is InChI=1S/C13H18O3S.C12H14O3.C11H16N2O.2CH4/c1-13(2,3)12(14)9-10-17(15,16)11-7-5-4-6-8-11;1-12(2,3)11(13)8-4-5-9-10(6-8)15-7-14-9;1-11(2,3)13-10(14)12-9-7-5-4-6-8-9;;/h4-8H,9-10H2,1-3H3;4-6H,7H2,1-3H3;4-8H,1-3H3,(H2,12,13,14);2*1H4. The van der Waals surface area contributed by atoms with Gasteiger partial charge < -0.3 is 20.1 Å². The van der Waals surface area contributed by atoms with Gasteiger partial charge in [0.05, 0.1) is 10.6 Å². The first-order valence-corrected chi connectivity index (χ1v) is 16.7. The molecule has 2 amide bonds. The van der Waals surface area contributed by atoms with Gasteiger partial charge in [-0.3, -0.25) is 9.59 Å². The number of para-hydroxylation sites is 1. The van der Waals surface area contributed by atoms with Crippen LogP contribution in [0.2, 0.25) is 0 Å². The predicted octanol–water partition coefficient (Wildman–Crippen LogP) is 8.99. The molecule has 0 saturated carbocycles. The first kappa shape index (κ1) is 43.8. The maximum absolute atomic E-state index is 12.0. The van der Waals surface area contributed by atoms with Crippen molar-refractivity contribution in [2.75, 3.05) is 17.9 Å². The number of nitrogens with one attached hydrogen (secondary N) is 2. The van der Waals surface area contributed by atoms with Gasteiger partial charge in [-0.05, 0) is 63.2 Å². The number of amides is 2. The van der Waals surface area contributed by atoms with Crippen LogP contribution in [0, 0.1) is 10.8 Å². The molecule has 0 radical (unpaired) electrons. The van der Waals surface area contributed by atoms with Crippen LogP contribution in [0.1, 0.15) is 93.9 Å². The summed E-state index contributed by atoms with van der Waals surface area (Å²) >= 11 is 0. The van der Waals surface area contributed by atoms with Gasteiger partial charge >= 0.3 is 6.03 Å². The number of ether oxygens (including phenoxy) is 2. The molecule has 10 heteroatoms. The van der Waals surface area contributed by atoms with E-state index >= 15 is 0 Å². The molecular weight excluding hydrogens is 628 g/mol. The second-order valence-corrected chi connectivity index (χ2v) is 16.0. The van der Waals surface area contributed by atoms with E-state index in [1.165, 1.54) is 0 Å². The van der Waals surface area contributed by atoms with Gasteiger partial charge in [-0.15, -0.1) is 0 Å². The van der Waals surface area contributed by atoms with Crippen LogP contribution in [0.15, 0.2) is 83.8 Å². The van der Waals surface area contributed by atoms with E-state index in [1.807, 2.05) is 71.9 Å². The summed E-state index contributed by atoms with van der Waals surface area (Å²) in [5.41, 5.74) is 0.416. The highest BCUT2D eigenvalue weighted by molar-refractivity contribution is 7.91. The fraction of sp³-hybridized carbons (Fsp3) is 0.447. The van der Waals surface area contributed by atoms with E-state index in [2.05, 4.69) is 10.6 Å². The average Bonchev–Trinajstić information content (AvgIpc) is 3.43. The smallest absolute Gasteiger partial charge is 0.319 e. The van der Waals surface area contributed by atoms with Crippen LogP contribution in [0.4, 0.5) is 10.5 Å². The van der Waals surface area contributed by atoms with Crippen LogP contribution in [0.5, 0.6) is 11.5 Å². The lowest BCUT2D eigenvalue weighted by molar-refractivity contribution is -0.125. The van der Waals surface area contributed by atoms with Crippen molar-refractivity contribution in [2.24, 2.45) is 10.8 Å². The summed E-state index contributed by atoms with van der Waals surface area (Å²) in [5.74, 6) is 1.33. The monoisotopic (exact) mass is 684 g/mol. The number of ketones is 2. The highest BCUT2D eigenvalue weighted by Crippen LogP contribution is 2.34. The molecule has 1 heterocycles. The molecule has 1 aliphatic rings. The molecule has 0 bridgehead atoms. The van der Waals surface area contributed by atoms with Crippen LogP contribution in [0.3, 0.4) is 0 Å². The Morgan fingerprint density at radius 2 is 1.23 bits per heavy atom. The predicted molar refractivity (Wildman–Crippen MR) is 196 cm³/mol. The summed E-state index contributed by atoms with van der Waals surface area (Å²) in [6.45, 7) is 17.2. The third-order valence-electron chi connectivity index (χ3n) is 6.37. The highest BCUT2D eigenvalue weighted by atomic mass is 32.2. The number of urea groups is 1. The van der Waals surface area contributed by atoms with Gasteiger partial charge in [0.2, 0.25) is 6.79 Å². The maximum atomic E-state index is 12.0. The summed E-state index contributed by atoms with van der Waals surface area (Å²) in [5, 5.41) is 5.57. The van der Waals surface area contributed by atoms with E-state index in [0.717, 1.165) is 5.69 Å². The molecule has 0 unspecified atom stereocenters. The first-order valence-electron chi connectivity index (χ1n) is 15.1. The molecule has 3 aromatic rings. The van der Waals surface area contributed by atoms with E-state index in [4.69, 9.17) is 9.47 Å². The number of sulfone groups is 1. The van der Waals surface area contributed by atoms with Crippen molar-refractivity contribution in [3.63, 3.8) is 0 Å². The molecule has 0 fully saturated rings. The molecule has 1 aliphatic heterocycles. The number of benzene rings is 3. The molecule has 9 nitrogen and oxygen atoms in total. The highest BCUT2D eigenvalue weighted by Gasteiger charge is 2.25. The van der Waals surface area contributed by atoms with Crippen molar-refractivity contribution < 1.29 is 32.3 Å². The van der Waals surface area contributed by atoms with E-state index in [0.29, 0.717) is 17.1 Å². The zero-order chi connectivity index (χ0) is 34.8. The first-order chi connectivity index (χ1) is 21.2. The van der Waals surface area contributed by atoms with Gasteiger partial charge in [-0.1, -0.05) is 92.8 Å². The number of Topliss-reactive ketones (excluding diaryl/α,β-unsaturated/α-hetero) is 2. The van der Waals surface area contributed by atoms with Gasteiger partial charge in [0.25, 0.3) is 0 Å². The second-order valence-electron chi connectivity index (χ2n) is 13.9. The summed E-state index contributed by atoms with van der Waals surface area (Å²) < 4.78 is 34.2. The Labute approximate surface area is 288 Å². The SMILES string of the molecule is C.C.CC(C)(C)C(=O)CCS(=O)(=O)c1ccccc1.CC(C)(C)C(=O)c1ccc2c(c1)OCO2.CC(C)(C)NC(=O)Nc1ccccc1. The van der Waals surface area contributed by atoms with Crippen molar-refractivity contribution in [3.05, 3.63) is 84.4 Å². The van der Waals surface area contributed by atoms with Crippen molar-refractivity contribution in [3.8, 4) is 11.5 Å². The Kier molecular flexibility index (Phi) is 16.8. The van der Waals surface area contributed by atoms with E-state index in [-0.39, 0.29) is 67.3 Å². The molecule has 3 aromatic carbocycles. The molecule has 0 aliphatic carbocycles. The summed E-state index contributed by atoms with van der Waals surface area (Å²) in [4.78, 5) is 35.3. The van der Waals surface area contributed by atoms with Crippen LogP contribution in [0.25, 0.3) is 0 Å². The summed E-state index contributed by atoms with van der Waals surface area (Å²) in [7, 11) is -3.34. The lowest BCUT2D eigenvalue weighted by atomic mass is 9.86. The number of carbonyl (C=O) groups is 3. The molecule has 2 N–H and O–H groups in total. The number of anilines is 1. The van der Waals surface area contributed by atoms with Crippen molar-refractivity contribution in [1.29, 1.82) is 0 Å². The lowest BCUT2D eigenvalue weighted by Gasteiger charge is -2.20. The summed E-state index contributed by atoms with van der Waals surface area (Å²) in [6, 6.07) is 22.7. The van der Waals surface area contributed by atoms with Crippen molar-refractivity contribution >= 4 is 33.1 Å². The minimum Gasteiger partial charge on any atom is -0.454 e. The molecule has 0 aromatic heterocycles. The zero-order valence-electron chi connectivity index (χ0n) is 28.4. The molecular formula is C38H56N2O7S. The van der Waals surface area contributed by atoms with Crippen LogP contribution in [-0.4, -0.2) is 44.1 Å². The fourth-order valence-electron chi connectivity index (χ4n) is 3.84. The molecule has 0 atom stereocenters.